The van der Waals surface area contributed by atoms with Crippen molar-refractivity contribution in [2.24, 2.45) is 11.3 Å². The van der Waals surface area contributed by atoms with Crippen LogP contribution in [0.3, 0.4) is 0 Å². The summed E-state index contributed by atoms with van der Waals surface area (Å²) in [6.07, 6.45) is 1.26. The van der Waals surface area contributed by atoms with Crippen LogP contribution in [0, 0.1) is 11.3 Å². The Kier molecular flexibility index (Phi) is 4.78. The van der Waals surface area contributed by atoms with Gasteiger partial charge in [-0.2, -0.15) is 4.31 Å². The van der Waals surface area contributed by atoms with Crippen molar-refractivity contribution in [1.29, 1.82) is 0 Å². The Morgan fingerprint density at radius 1 is 1.36 bits per heavy atom. The molecule has 7 nitrogen and oxygen atoms in total. The molecule has 0 amide bonds. The quantitative estimate of drug-likeness (QED) is 0.784. The van der Waals surface area contributed by atoms with Crippen LogP contribution in [-0.4, -0.2) is 55.2 Å². The van der Waals surface area contributed by atoms with Crippen molar-refractivity contribution in [2.75, 3.05) is 20.2 Å². The van der Waals surface area contributed by atoms with Gasteiger partial charge in [-0.25, -0.2) is 8.42 Å². The zero-order chi connectivity index (χ0) is 18.2. The molecule has 138 valence electrons. The third-order valence-corrected chi connectivity index (χ3v) is 7.04. The minimum atomic E-state index is -3.86. The lowest BCUT2D eigenvalue weighted by Crippen LogP contribution is -2.57. The molecule has 1 aromatic rings. The summed E-state index contributed by atoms with van der Waals surface area (Å²) in [5.41, 5.74) is -1.44. The van der Waals surface area contributed by atoms with E-state index in [1.54, 1.807) is 12.1 Å². The Bertz CT molecular complexity index is 760. The predicted octanol–water partition coefficient (Wildman–Crippen LogP) is 1.32. The molecule has 25 heavy (non-hydrogen) atoms. The van der Waals surface area contributed by atoms with Crippen LogP contribution in [0.2, 0.25) is 0 Å². The molecule has 1 aliphatic heterocycles. The topological polar surface area (TPSA) is 104 Å². The first kappa shape index (κ1) is 18.2. The SMILES string of the molecule is COc1cccc(S(=O)(=O)N2CC[C@@H](O)[C@@](CC3CC3)(C(=O)O)C2)c1. The molecule has 0 aromatic heterocycles. The highest BCUT2D eigenvalue weighted by Gasteiger charge is 2.53. The summed E-state index contributed by atoms with van der Waals surface area (Å²) >= 11 is 0. The maximum absolute atomic E-state index is 13.0. The molecule has 1 saturated carbocycles. The van der Waals surface area contributed by atoms with Gasteiger partial charge in [-0.1, -0.05) is 18.9 Å². The van der Waals surface area contributed by atoms with E-state index in [9.17, 15) is 23.4 Å². The predicted molar refractivity (Wildman–Crippen MR) is 89.8 cm³/mol. The van der Waals surface area contributed by atoms with Crippen LogP contribution < -0.4 is 4.74 Å². The molecular weight excluding hydrogens is 346 g/mol. The van der Waals surface area contributed by atoms with E-state index >= 15 is 0 Å². The summed E-state index contributed by atoms with van der Waals surface area (Å²) in [5.74, 6) is -0.455. The minimum Gasteiger partial charge on any atom is -0.497 e. The highest BCUT2D eigenvalue weighted by Crippen LogP contribution is 2.45. The van der Waals surface area contributed by atoms with Gasteiger partial charge in [0.15, 0.2) is 0 Å². The van der Waals surface area contributed by atoms with Gasteiger partial charge in [0.25, 0.3) is 0 Å². The van der Waals surface area contributed by atoms with Crippen LogP contribution >= 0.6 is 0 Å². The van der Waals surface area contributed by atoms with Crippen molar-refractivity contribution in [3.8, 4) is 5.75 Å². The molecule has 3 rings (SSSR count). The monoisotopic (exact) mass is 369 g/mol. The zero-order valence-electron chi connectivity index (χ0n) is 14.1. The van der Waals surface area contributed by atoms with Crippen molar-refractivity contribution < 1.29 is 28.2 Å². The molecule has 1 aromatic carbocycles. The van der Waals surface area contributed by atoms with Gasteiger partial charge in [0, 0.05) is 19.2 Å². The summed E-state index contributed by atoms with van der Waals surface area (Å²) in [4.78, 5) is 12.0. The van der Waals surface area contributed by atoms with E-state index < -0.39 is 27.5 Å². The highest BCUT2D eigenvalue weighted by atomic mass is 32.2. The maximum atomic E-state index is 13.0. The molecular formula is C17H23NO6S. The zero-order valence-corrected chi connectivity index (χ0v) is 14.9. The normalized spacial score (nSPS) is 27.8. The smallest absolute Gasteiger partial charge is 0.313 e. The molecule has 0 radical (unpaired) electrons. The number of carboxylic acid groups (broad SMARTS) is 1. The largest absolute Gasteiger partial charge is 0.497 e. The molecule has 1 heterocycles. The molecule has 2 aliphatic rings. The van der Waals surface area contributed by atoms with E-state index in [-0.39, 0.29) is 30.3 Å². The van der Waals surface area contributed by atoms with Gasteiger partial charge < -0.3 is 14.9 Å². The maximum Gasteiger partial charge on any atom is 0.313 e. The average molecular weight is 369 g/mol. The highest BCUT2D eigenvalue weighted by molar-refractivity contribution is 7.89. The summed E-state index contributed by atoms with van der Waals surface area (Å²) < 4.78 is 32.2. The summed E-state index contributed by atoms with van der Waals surface area (Å²) in [7, 11) is -2.41. The molecule has 0 spiro atoms. The second kappa shape index (κ2) is 6.59. The Hall–Kier alpha value is -1.64. The van der Waals surface area contributed by atoms with Crippen molar-refractivity contribution in [3.63, 3.8) is 0 Å². The second-order valence-corrected chi connectivity index (χ2v) is 8.87. The number of rotatable bonds is 6. The van der Waals surface area contributed by atoms with Crippen LogP contribution in [0.4, 0.5) is 0 Å². The number of aliphatic hydroxyl groups is 1. The molecule has 2 atom stereocenters. The number of piperidine rings is 1. The fourth-order valence-electron chi connectivity index (χ4n) is 3.49. The van der Waals surface area contributed by atoms with Gasteiger partial charge in [0.1, 0.15) is 11.2 Å². The Morgan fingerprint density at radius 3 is 2.68 bits per heavy atom. The fourth-order valence-corrected chi connectivity index (χ4v) is 5.05. The summed E-state index contributed by atoms with van der Waals surface area (Å²) in [5, 5.41) is 20.2. The second-order valence-electron chi connectivity index (χ2n) is 6.93. The van der Waals surface area contributed by atoms with Crippen LogP contribution in [0.5, 0.6) is 5.75 Å². The van der Waals surface area contributed by atoms with Gasteiger partial charge in [-0.3, -0.25) is 4.79 Å². The molecule has 0 unspecified atom stereocenters. The standard InChI is InChI=1S/C17H23NO6S/c1-24-13-3-2-4-14(9-13)25(22,23)18-8-7-15(19)17(11-18,16(20)21)10-12-5-6-12/h2-4,9,12,15,19H,5-8,10-11H2,1H3,(H,20,21)/t15-,17+/m1/s1. The lowest BCUT2D eigenvalue weighted by molar-refractivity contribution is -0.162. The van der Waals surface area contributed by atoms with Crippen LogP contribution in [0.15, 0.2) is 29.2 Å². The molecule has 1 aliphatic carbocycles. The first-order valence-electron chi connectivity index (χ1n) is 8.35. The molecule has 0 bridgehead atoms. The number of ether oxygens (including phenoxy) is 1. The number of sulfonamides is 1. The van der Waals surface area contributed by atoms with Gasteiger partial charge in [-0.15, -0.1) is 0 Å². The van der Waals surface area contributed by atoms with Crippen molar-refractivity contribution in [1.82, 2.24) is 4.31 Å². The van der Waals surface area contributed by atoms with Crippen LogP contribution in [0.1, 0.15) is 25.7 Å². The van der Waals surface area contributed by atoms with Gasteiger partial charge in [-0.05, 0) is 30.9 Å². The van der Waals surface area contributed by atoms with Crippen molar-refractivity contribution >= 4 is 16.0 Å². The molecule has 8 heteroatoms. The number of carbonyl (C=O) groups is 1. The van der Waals surface area contributed by atoms with Gasteiger partial charge >= 0.3 is 5.97 Å². The molecule has 1 saturated heterocycles. The number of benzene rings is 1. The van der Waals surface area contributed by atoms with Crippen LogP contribution in [-0.2, 0) is 14.8 Å². The van der Waals surface area contributed by atoms with E-state index in [0.717, 1.165) is 12.8 Å². The van der Waals surface area contributed by atoms with E-state index in [2.05, 4.69) is 0 Å². The summed E-state index contributed by atoms with van der Waals surface area (Å²) in [6.45, 7) is -0.111. The number of aliphatic carboxylic acids is 1. The van der Waals surface area contributed by atoms with E-state index in [0.29, 0.717) is 12.2 Å². The average Bonchev–Trinajstić information content (AvgIpc) is 3.40. The molecule has 2 fully saturated rings. The van der Waals surface area contributed by atoms with E-state index in [4.69, 9.17) is 4.74 Å². The number of nitrogens with zero attached hydrogens (tertiary/aromatic N) is 1. The van der Waals surface area contributed by atoms with E-state index in [1.165, 1.54) is 23.5 Å². The number of methoxy groups -OCH3 is 1. The lowest BCUT2D eigenvalue weighted by Gasteiger charge is -2.42. The van der Waals surface area contributed by atoms with E-state index in [1.807, 2.05) is 0 Å². The number of hydrogen-bond acceptors (Lipinski definition) is 5. The van der Waals surface area contributed by atoms with Crippen molar-refractivity contribution in [2.45, 2.75) is 36.7 Å². The van der Waals surface area contributed by atoms with Crippen molar-refractivity contribution in [3.05, 3.63) is 24.3 Å². The van der Waals surface area contributed by atoms with Gasteiger partial charge in [0.05, 0.1) is 18.1 Å². The number of hydrogen-bond donors (Lipinski definition) is 2. The third-order valence-electron chi connectivity index (χ3n) is 5.20. The minimum absolute atomic E-state index is 0.0638. The molecule has 2 N–H and O–H groups in total. The van der Waals surface area contributed by atoms with Crippen LogP contribution in [0.25, 0.3) is 0 Å². The Labute approximate surface area is 147 Å². The fraction of sp³-hybridized carbons (Fsp3) is 0.588. The Balaban J connectivity index is 1.92. The number of aliphatic hydroxyl groups excluding tert-OH is 1. The Morgan fingerprint density at radius 2 is 2.08 bits per heavy atom. The number of carboxylic acids is 1. The first-order chi connectivity index (χ1) is 11.8. The first-order valence-corrected chi connectivity index (χ1v) is 9.79. The van der Waals surface area contributed by atoms with Gasteiger partial charge in [0.2, 0.25) is 10.0 Å². The summed E-state index contributed by atoms with van der Waals surface area (Å²) in [6, 6.07) is 6.11. The lowest BCUT2D eigenvalue weighted by atomic mass is 9.74. The third kappa shape index (κ3) is 3.38.